The summed E-state index contributed by atoms with van der Waals surface area (Å²) in [5.41, 5.74) is 4.22. The highest BCUT2D eigenvalue weighted by Crippen LogP contribution is 2.25. The number of carbonyl (C=O) groups is 1. The van der Waals surface area contributed by atoms with E-state index in [1.165, 1.54) is 0 Å². The van der Waals surface area contributed by atoms with Gasteiger partial charge in [0.15, 0.2) is 0 Å². The molecule has 0 bridgehead atoms. The zero-order valence-electron chi connectivity index (χ0n) is 20.1. The van der Waals surface area contributed by atoms with Crippen LogP contribution in [0.1, 0.15) is 26.5 Å². The van der Waals surface area contributed by atoms with Crippen molar-refractivity contribution in [3.8, 4) is 11.4 Å². The van der Waals surface area contributed by atoms with Crippen molar-refractivity contribution in [2.75, 3.05) is 31.0 Å². The lowest BCUT2D eigenvalue weighted by Gasteiger charge is -2.13. The maximum absolute atomic E-state index is 12.5. The average Bonchev–Trinajstić information content (AvgIpc) is 3.38. The number of fused-ring (bicyclic) bond motifs is 1. The Morgan fingerprint density at radius 2 is 1.79 bits per heavy atom. The highest BCUT2D eigenvalue weighted by atomic mass is 16.5. The molecule has 4 rings (SSSR count). The zero-order valence-corrected chi connectivity index (χ0v) is 20.1. The minimum atomic E-state index is -0.328. The number of anilines is 2. The number of nitrogens with one attached hydrogen (secondary N) is 2. The molecule has 0 spiro atoms. The molecule has 2 aromatic carbocycles. The minimum absolute atomic E-state index is 0.0971. The number of hydrogen-bond donors (Lipinski definition) is 2. The molecule has 9 nitrogen and oxygen atoms in total. The van der Waals surface area contributed by atoms with E-state index >= 15 is 0 Å². The summed E-state index contributed by atoms with van der Waals surface area (Å²) < 4.78 is 14.3. The topological polar surface area (TPSA) is 95.2 Å². The van der Waals surface area contributed by atoms with Gasteiger partial charge in [-0.25, -0.2) is 9.78 Å². The number of nitrogens with zero attached hydrogens (tertiary/aromatic N) is 4. The van der Waals surface area contributed by atoms with E-state index in [0.29, 0.717) is 24.7 Å². The first-order valence-corrected chi connectivity index (χ1v) is 11.1. The van der Waals surface area contributed by atoms with Crippen LogP contribution in [0.25, 0.3) is 16.7 Å². The number of ether oxygens (including phenoxy) is 2. The molecule has 9 heteroatoms. The van der Waals surface area contributed by atoms with Crippen molar-refractivity contribution in [2.24, 2.45) is 7.05 Å². The summed E-state index contributed by atoms with van der Waals surface area (Å²) in [7, 11) is 3.45. The van der Waals surface area contributed by atoms with Crippen LogP contribution in [0.15, 0.2) is 54.9 Å². The number of urea groups is 1. The minimum Gasteiger partial charge on any atom is -0.491 e. The summed E-state index contributed by atoms with van der Waals surface area (Å²) in [6.45, 7) is 7.27. The van der Waals surface area contributed by atoms with Gasteiger partial charge in [0.1, 0.15) is 24.5 Å². The molecule has 0 saturated heterocycles. The van der Waals surface area contributed by atoms with Crippen LogP contribution in [0, 0.1) is 0 Å². The van der Waals surface area contributed by atoms with E-state index < -0.39 is 0 Å². The number of aryl methyl sites for hydroxylation is 1. The molecule has 0 unspecified atom stereocenters. The second-order valence-electron chi connectivity index (χ2n) is 9.02. The molecular weight excluding hydrogens is 432 g/mol. The van der Waals surface area contributed by atoms with Gasteiger partial charge in [0.2, 0.25) is 0 Å². The molecule has 0 aliphatic rings. The standard InChI is InChI=1S/C25H30N6O3/c1-25(2,3)22-15-23(30(4)29-22)28-24(32)27-17-6-8-18(9-7-17)31-16-26-20-14-19(10-11-21(20)31)34-13-12-33-5/h6-11,14-16H,12-13H2,1-5H3,(H2,27,28,32). The van der Waals surface area contributed by atoms with E-state index in [9.17, 15) is 4.79 Å². The third-order valence-corrected chi connectivity index (χ3v) is 5.37. The van der Waals surface area contributed by atoms with Crippen molar-refractivity contribution in [1.29, 1.82) is 0 Å². The monoisotopic (exact) mass is 462 g/mol. The van der Waals surface area contributed by atoms with E-state index in [0.717, 1.165) is 28.2 Å². The Bertz CT molecular complexity index is 1280. The Morgan fingerprint density at radius 1 is 1.03 bits per heavy atom. The number of benzene rings is 2. The molecule has 0 atom stereocenters. The molecule has 2 heterocycles. The molecule has 0 saturated carbocycles. The van der Waals surface area contributed by atoms with Gasteiger partial charge < -0.3 is 14.8 Å². The summed E-state index contributed by atoms with van der Waals surface area (Å²) in [5, 5.41) is 10.2. The molecular formula is C25H30N6O3. The molecule has 2 N–H and O–H groups in total. The number of carbonyl (C=O) groups excluding carboxylic acids is 1. The molecule has 0 fully saturated rings. The third-order valence-electron chi connectivity index (χ3n) is 5.37. The number of aromatic nitrogens is 4. The van der Waals surface area contributed by atoms with Crippen molar-refractivity contribution in [2.45, 2.75) is 26.2 Å². The molecule has 2 aromatic heterocycles. The van der Waals surface area contributed by atoms with E-state index in [-0.39, 0.29) is 11.4 Å². The normalized spacial score (nSPS) is 11.6. The van der Waals surface area contributed by atoms with E-state index in [4.69, 9.17) is 9.47 Å². The maximum Gasteiger partial charge on any atom is 0.324 e. The lowest BCUT2D eigenvalue weighted by atomic mass is 9.92. The SMILES string of the molecule is COCCOc1ccc2c(c1)ncn2-c1ccc(NC(=O)Nc2cc(C(C)(C)C)nn2C)cc1. The molecule has 178 valence electrons. The summed E-state index contributed by atoms with van der Waals surface area (Å²) >= 11 is 0. The third kappa shape index (κ3) is 5.20. The van der Waals surface area contributed by atoms with Gasteiger partial charge in [0.05, 0.1) is 23.3 Å². The first kappa shape index (κ1) is 23.3. The lowest BCUT2D eigenvalue weighted by Crippen LogP contribution is -2.21. The van der Waals surface area contributed by atoms with Gasteiger partial charge >= 0.3 is 6.03 Å². The predicted octanol–water partition coefficient (Wildman–Crippen LogP) is 4.73. The summed E-state index contributed by atoms with van der Waals surface area (Å²) in [6.07, 6.45) is 1.77. The van der Waals surface area contributed by atoms with Crippen LogP contribution in [0.3, 0.4) is 0 Å². The molecule has 0 aliphatic heterocycles. The quantitative estimate of drug-likeness (QED) is 0.387. The van der Waals surface area contributed by atoms with Crippen LogP contribution in [0.5, 0.6) is 5.75 Å². The van der Waals surface area contributed by atoms with Crippen LogP contribution < -0.4 is 15.4 Å². The fourth-order valence-corrected chi connectivity index (χ4v) is 3.47. The number of rotatable bonds is 7. The van der Waals surface area contributed by atoms with Gasteiger partial charge in [-0.3, -0.25) is 14.6 Å². The molecule has 4 aromatic rings. The van der Waals surface area contributed by atoms with Gasteiger partial charge in [0, 0.05) is 43.1 Å². The molecule has 0 radical (unpaired) electrons. The maximum atomic E-state index is 12.5. The summed E-state index contributed by atoms with van der Waals surface area (Å²) in [6, 6.07) is 14.9. The van der Waals surface area contributed by atoms with Crippen molar-refractivity contribution in [1.82, 2.24) is 19.3 Å². The predicted molar refractivity (Wildman–Crippen MR) is 133 cm³/mol. The van der Waals surface area contributed by atoms with Gasteiger partial charge in [-0.15, -0.1) is 0 Å². The fraction of sp³-hybridized carbons (Fsp3) is 0.320. The van der Waals surface area contributed by atoms with E-state index in [1.54, 1.807) is 18.1 Å². The second-order valence-corrected chi connectivity index (χ2v) is 9.02. The van der Waals surface area contributed by atoms with Gasteiger partial charge in [0.25, 0.3) is 0 Å². The number of hydrogen-bond acceptors (Lipinski definition) is 5. The van der Waals surface area contributed by atoms with Crippen molar-refractivity contribution >= 4 is 28.6 Å². The highest BCUT2D eigenvalue weighted by molar-refractivity contribution is 5.99. The van der Waals surface area contributed by atoms with Crippen LogP contribution in [-0.2, 0) is 17.2 Å². The molecule has 0 aliphatic carbocycles. The second kappa shape index (κ2) is 9.56. The number of imidazole rings is 1. The molecule has 34 heavy (non-hydrogen) atoms. The first-order valence-electron chi connectivity index (χ1n) is 11.1. The summed E-state index contributed by atoms with van der Waals surface area (Å²) in [5.74, 6) is 1.39. The fourth-order valence-electron chi connectivity index (χ4n) is 3.47. The van der Waals surface area contributed by atoms with Crippen molar-refractivity contribution in [3.63, 3.8) is 0 Å². The zero-order chi connectivity index (χ0) is 24.3. The average molecular weight is 463 g/mol. The molecule has 2 amide bonds. The van der Waals surface area contributed by atoms with E-state index in [2.05, 4.69) is 41.5 Å². The van der Waals surface area contributed by atoms with Crippen LogP contribution in [0.2, 0.25) is 0 Å². The highest BCUT2D eigenvalue weighted by Gasteiger charge is 2.19. The van der Waals surface area contributed by atoms with Gasteiger partial charge in [-0.1, -0.05) is 20.8 Å². The van der Waals surface area contributed by atoms with Crippen molar-refractivity contribution in [3.05, 3.63) is 60.6 Å². The Labute approximate surface area is 198 Å². The van der Waals surface area contributed by atoms with Gasteiger partial charge in [-0.05, 0) is 36.4 Å². The van der Waals surface area contributed by atoms with Crippen LogP contribution >= 0.6 is 0 Å². The van der Waals surface area contributed by atoms with Crippen molar-refractivity contribution < 1.29 is 14.3 Å². The number of amides is 2. The van der Waals surface area contributed by atoms with Crippen LogP contribution in [0.4, 0.5) is 16.3 Å². The first-order chi connectivity index (χ1) is 16.2. The lowest BCUT2D eigenvalue weighted by molar-refractivity contribution is 0.146. The Hall–Kier alpha value is -3.85. The van der Waals surface area contributed by atoms with Crippen LogP contribution in [-0.4, -0.2) is 45.7 Å². The Morgan fingerprint density at radius 3 is 2.47 bits per heavy atom. The Balaban J connectivity index is 1.43. The van der Waals surface area contributed by atoms with E-state index in [1.807, 2.05) is 60.1 Å². The Kier molecular flexibility index (Phi) is 6.56. The summed E-state index contributed by atoms with van der Waals surface area (Å²) in [4.78, 5) is 17.0. The number of methoxy groups -OCH3 is 1. The smallest absolute Gasteiger partial charge is 0.324 e. The largest absolute Gasteiger partial charge is 0.491 e. The van der Waals surface area contributed by atoms with Gasteiger partial charge in [-0.2, -0.15) is 5.10 Å².